The Morgan fingerprint density at radius 2 is 2.25 bits per heavy atom. The maximum atomic E-state index is 13.0. The zero-order valence-electron chi connectivity index (χ0n) is 8.00. The molecule has 2 rings (SSSR count). The van der Waals surface area contributed by atoms with Gasteiger partial charge in [-0.05, 0) is 24.3 Å². The first kappa shape index (κ1) is 10.7. The van der Waals surface area contributed by atoms with E-state index in [2.05, 4.69) is 4.98 Å². The van der Waals surface area contributed by atoms with Crippen LogP contribution < -0.4 is 0 Å². The van der Waals surface area contributed by atoms with Gasteiger partial charge in [0.1, 0.15) is 11.0 Å². The number of nitrogens with one attached hydrogen (secondary N) is 1. The molecule has 16 heavy (non-hydrogen) atoms. The van der Waals surface area contributed by atoms with E-state index in [0.717, 1.165) is 6.08 Å². The maximum Gasteiger partial charge on any atom is 0.328 e. The zero-order valence-corrected chi connectivity index (χ0v) is 8.75. The Morgan fingerprint density at radius 3 is 2.94 bits per heavy atom. The summed E-state index contributed by atoms with van der Waals surface area (Å²) in [6.07, 6.45) is 2.29. The number of hydrogen-bond acceptors (Lipinski definition) is 1. The van der Waals surface area contributed by atoms with Gasteiger partial charge in [0.25, 0.3) is 0 Å². The summed E-state index contributed by atoms with van der Waals surface area (Å²) in [6, 6.07) is 4.16. The number of aromatic nitrogens is 1. The quantitative estimate of drug-likeness (QED) is 0.792. The predicted molar refractivity (Wildman–Crippen MR) is 59.9 cm³/mol. The van der Waals surface area contributed by atoms with E-state index >= 15 is 0 Å². The van der Waals surface area contributed by atoms with Crippen LogP contribution in [0.3, 0.4) is 0 Å². The number of aromatic amines is 1. The zero-order chi connectivity index (χ0) is 11.7. The van der Waals surface area contributed by atoms with Crippen molar-refractivity contribution in [1.29, 1.82) is 0 Å². The fourth-order valence-electron chi connectivity index (χ4n) is 1.47. The van der Waals surface area contributed by atoms with Crippen LogP contribution in [0.15, 0.2) is 24.3 Å². The molecule has 0 unspecified atom stereocenters. The van der Waals surface area contributed by atoms with E-state index in [-0.39, 0.29) is 5.15 Å². The lowest BCUT2D eigenvalue weighted by Gasteiger charge is -1.92. The van der Waals surface area contributed by atoms with Gasteiger partial charge < -0.3 is 10.1 Å². The molecule has 0 radical (unpaired) electrons. The fraction of sp³-hybridized carbons (Fsp3) is 0. The minimum atomic E-state index is -1.08. The van der Waals surface area contributed by atoms with Gasteiger partial charge in [-0.15, -0.1) is 0 Å². The summed E-state index contributed by atoms with van der Waals surface area (Å²) in [5.74, 6) is -1.48. The lowest BCUT2D eigenvalue weighted by atomic mass is 10.1. The summed E-state index contributed by atoms with van der Waals surface area (Å²) < 4.78 is 13.0. The summed E-state index contributed by atoms with van der Waals surface area (Å²) in [5.41, 5.74) is 1.13. The van der Waals surface area contributed by atoms with E-state index < -0.39 is 11.8 Å². The van der Waals surface area contributed by atoms with Crippen molar-refractivity contribution >= 4 is 34.5 Å². The SMILES string of the molecule is O=C(O)/C=C/c1c(Cl)[nH]c2ccc(F)cc12. The Labute approximate surface area is 95.2 Å². The number of halogens is 2. The Bertz CT molecular complexity index is 589. The Kier molecular flexibility index (Phi) is 2.66. The summed E-state index contributed by atoms with van der Waals surface area (Å²) in [6.45, 7) is 0. The first-order chi connectivity index (χ1) is 7.58. The highest BCUT2D eigenvalue weighted by atomic mass is 35.5. The number of benzene rings is 1. The van der Waals surface area contributed by atoms with Crippen LogP contribution in [0, 0.1) is 5.82 Å². The highest BCUT2D eigenvalue weighted by molar-refractivity contribution is 6.32. The molecule has 0 aliphatic heterocycles. The van der Waals surface area contributed by atoms with Crippen molar-refractivity contribution < 1.29 is 14.3 Å². The third-order valence-electron chi connectivity index (χ3n) is 2.15. The van der Waals surface area contributed by atoms with Crippen LogP contribution in [-0.2, 0) is 4.79 Å². The van der Waals surface area contributed by atoms with Gasteiger partial charge in [0.05, 0.1) is 0 Å². The number of carboxylic acids is 1. The second kappa shape index (κ2) is 3.98. The molecular weight excluding hydrogens is 233 g/mol. The molecule has 1 heterocycles. The largest absolute Gasteiger partial charge is 0.478 e. The van der Waals surface area contributed by atoms with Crippen LogP contribution in [0.25, 0.3) is 17.0 Å². The average molecular weight is 240 g/mol. The van der Waals surface area contributed by atoms with Crippen molar-refractivity contribution in [1.82, 2.24) is 4.98 Å². The molecule has 2 N–H and O–H groups in total. The molecule has 0 spiro atoms. The standard InChI is InChI=1S/C11H7ClFNO2/c12-11-7(2-4-10(15)16)8-5-6(13)1-3-9(8)14-11/h1-5,14H,(H,15,16)/b4-2+. The molecule has 0 fully saturated rings. The molecule has 3 nitrogen and oxygen atoms in total. The van der Waals surface area contributed by atoms with Crippen molar-refractivity contribution in [3.8, 4) is 0 Å². The number of hydrogen-bond donors (Lipinski definition) is 2. The third kappa shape index (κ3) is 1.92. The Balaban J connectivity index is 2.62. The van der Waals surface area contributed by atoms with Crippen LogP contribution in [0.2, 0.25) is 5.15 Å². The minimum Gasteiger partial charge on any atom is -0.478 e. The van der Waals surface area contributed by atoms with Crippen molar-refractivity contribution in [3.05, 3.63) is 40.8 Å². The second-order valence-electron chi connectivity index (χ2n) is 3.21. The van der Waals surface area contributed by atoms with Gasteiger partial charge >= 0.3 is 5.97 Å². The van der Waals surface area contributed by atoms with Crippen molar-refractivity contribution in [2.75, 3.05) is 0 Å². The number of fused-ring (bicyclic) bond motifs is 1. The Hall–Kier alpha value is -1.81. The molecule has 0 aliphatic carbocycles. The molecular formula is C11H7ClFNO2. The summed E-state index contributed by atoms with van der Waals surface area (Å²) >= 11 is 5.88. The predicted octanol–water partition coefficient (Wildman–Crippen LogP) is 3.06. The molecule has 0 saturated carbocycles. The molecule has 1 aromatic heterocycles. The van der Waals surface area contributed by atoms with Gasteiger partial charge in [0.2, 0.25) is 0 Å². The van der Waals surface area contributed by atoms with E-state index in [1.165, 1.54) is 18.2 Å². The molecule has 0 aliphatic rings. The monoisotopic (exact) mass is 239 g/mol. The lowest BCUT2D eigenvalue weighted by molar-refractivity contribution is -0.131. The van der Waals surface area contributed by atoms with Gasteiger partial charge in [-0.1, -0.05) is 11.6 Å². The van der Waals surface area contributed by atoms with Crippen molar-refractivity contribution in [2.24, 2.45) is 0 Å². The molecule has 82 valence electrons. The molecule has 0 saturated heterocycles. The smallest absolute Gasteiger partial charge is 0.328 e. The van der Waals surface area contributed by atoms with Crippen LogP contribution in [0.1, 0.15) is 5.56 Å². The van der Waals surface area contributed by atoms with E-state index in [4.69, 9.17) is 16.7 Å². The van der Waals surface area contributed by atoms with Crippen LogP contribution in [0.5, 0.6) is 0 Å². The van der Waals surface area contributed by atoms with E-state index in [9.17, 15) is 9.18 Å². The highest BCUT2D eigenvalue weighted by Gasteiger charge is 2.08. The third-order valence-corrected chi connectivity index (χ3v) is 2.44. The van der Waals surface area contributed by atoms with E-state index in [0.29, 0.717) is 16.5 Å². The van der Waals surface area contributed by atoms with E-state index in [1.807, 2.05) is 0 Å². The lowest BCUT2D eigenvalue weighted by Crippen LogP contribution is -1.85. The molecule has 1 aromatic carbocycles. The van der Waals surface area contributed by atoms with Gasteiger partial charge in [0.15, 0.2) is 0 Å². The van der Waals surface area contributed by atoms with Gasteiger partial charge in [0, 0.05) is 22.5 Å². The summed E-state index contributed by atoms with van der Waals surface area (Å²) in [7, 11) is 0. The minimum absolute atomic E-state index is 0.290. The van der Waals surface area contributed by atoms with Crippen molar-refractivity contribution in [3.63, 3.8) is 0 Å². The molecule has 0 bridgehead atoms. The maximum absolute atomic E-state index is 13.0. The van der Waals surface area contributed by atoms with Gasteiger partial charge in [-0.25, -0.2) is 9.18 Å². The number of carbonyl (C=O) groups is 1. The normalized spacial score (nSPS) is 11.4. The molecule has 0 amide bonds. The van der Waals surface area contributed by atoms with E-state index in [1.54, 1.807) is 6.07 Å². The fourth-order valence-corrected chi connectivity index (χ4v) is 1.74. The average Bonchev–Trinajstić information content (AvgIpc) is 2.51. The van der Waals surface area contributed by atoms with Crippen LogP contribution >= 0.6 is 11.6 Å². The van der Waals surface area contributed by atoms with Gasteiger partial charge in [-0.3, -0.25) is 0 Å². The number of aliphatic carboxylic acids is 1. The molecule has 0 atom stereocenters. The number of carboxylic acid groups (broad SMARTS) is 1. The van der Waals surface area contributed by atoms with Crippen molar-refractivity contribution in [2.45, 2.75) is 0 Å². The van der Waals surface area contributed by atoms with Crippen LogP contribution in [0.4, 0.5) is 4.39 Å². The summed E-state index contributed by atoms with van der Waals surface area (Å²) in [4.78, 5) is 13.2. The first-order valence-corrected chi connectivity index (χ1v) is 4.83. The topological polar surface area (TPSA) is 53.1 Å². The first-order valence-electron chi connectivity index (χ1n) is 4.45. The van der Waals surface area contributed by atoms with Crippen LogP contribution in [-0.4, -0.2) is 16.1 Å². The Morgan fingerprint density at radius 1 is 1.50 bits per heavy atom. The molecule has 5 heteroatoms. The van der Waals surface area contributed by atoms with Gasteiger partial charge in [-0.2, -0.15) is 0 Å². The molecule has 2 aromatic rings. The number of H-pyrrole nitrogens is 1. The second-order valence-corrected chi connectivity index (χ2v) is 3.59. The number of rotatable bonds is 2. The summed E-state index contributed by atoms with van der Waals surface area (Å²) in [5, 5.41) is 9.36. The highest BCUT2D eigenvalue weighted by Crippen LogP contribution is 2.27.